The van der Waals surface area contributed by atoms with Crippen LogP contribution in [-0.4, -0.2) is 5.16 Å². The summed E-state index contributed by atoms with van der Waals surface area (Å²) in [7, 11) is 0. The van der Waals surface area contributed by atoms with E-state index in [0.29, 0.717) is 16.2 Å². The van der Waals surface area contributed by atoms with Crippen LogP contribution in [0.4, 0.5) is 5.82 Å². The summed E-state index contributed by atoms with van der Waals surface area (Å²) >= 11 is 6.73. The van der Waals surface area contributed by atoms with Gasteiger partial charge in [0.15, 0.2) is 16.2 Å². The maximum atomic E-state index is 5.91. The van der Waals surface area contributed by atoms with Gasteiger partial charge >= 0.3 is 0 Å². The van der Waals surface area contributed by atoms with E-state index >= 15 is 0 Å². The summed E-state index contributed by atoms with van der Waals surface area (Å²) in [4.78, 5) is 0. The first-order chi connectivity index (χ1) is 9.16. The van der Waals surface area contributed by atoms with Crippen molar-refractivity contribution in [1.82, 2.24) is 5.16 Å². The molecule has 19 heavy (non-hydrogen) atoms. The number of furan rings is 1. The molecular formula is C13H8Br2N2O2. The minimum atomic E-state index is 0.352. The minimum Gasteiger partial charge on any atom is -0.457 e. The second kappa shape index (κ2) is 4.86. The van der Waals surface area contributed by atoms with Crippen molar-refractivity contribution in [1.29, 1.82) is 0 Å². The number of hydrogen-bond acceptors (Lipinski definition) is 4. The minimum absolute atomic E-state index is 0.352. The molecule has 2 aromatic heterocycles. The fraction of sp³-hybridized carbons (Fsp3) is 0. The molecule has 0 saturated carbocycles. The van der Waals surface area contributed by atoms with Crippen molar-refractivity contribution >= 4 is 37.7 Å². The lowest BCUT2D eigenvalue weighted by atomic mass is 10.0. The van der Waals surface area contributed by atoms with Gasteiger partial charge in [-0.15, -0.1) is 0 Å². The number of nitrogen functional groups attached to an aromatic ring is 1. The van der Waals surface area contributed by atoms with Gasteiger partial charge in [0, 0.05) is 4.47 Å². The van der Waals surface area contributed by atoms with Crippen molar-refractivity contribution in [3.8, 4) is 22.5 Å². The summed E-state index contributed by atoms with van der Waals surface area (Å²) in [6.45, 7) is 0. The third-order valence-corrected chi connectivity index (χ3v) is 3.86. The first kappa shape index (κ1) is 12.5. The van der Waals surface area contributed by atoms with Crippen LogP contribution in [0.25, 0.3) is 22.5 Å². The number of nitrogens with two attached hydrogens (primary N) is 1. The first-order valence-corrected chi connectivity index (χ1v) is 7.00. The molecule has 0 fully saturated rings. The van der Waals surface area contributed by atoms with E-state index in [1.807, 2.05) is 24.3 Å². The van der Waals surface area contributed by atoms with Crippen LogP contribution in [0.2, 0.25) is 0 Å². The molecule has 0 bridgehead atoms. The zero-order valence-corrected chi connectivity index (χ0v) is 12.7. The van der Waals surface area contributed by atoms with E-state index in [9.17, 15) is 0 Å². The Morgan fingerprint density at radius 3 is 2.42 bits per heavy atom. The normalized spacial score (nSPS) is 10.8. The lowest BCUT2D eigenvalue weighted by molar-refractivity contribution is 0.434. The third-order valence-electron chi connectivity index (χ3n) is 2.71. The van der Waals surface area contributed by atoms with Crippen LogP contribution in [0.15, 0.2) is 54.7 Å². The van der Waals surface area contributed by atoms with Gasteiger partial charge in [-0.1, -0.05) is 33.2 Å². The molecule has 0 unspecified atom stereocenters. The van der Waals surface area contributed by atoms with Crippen LogP contribution >= 0.6 is 31.9 Å². The SMILES string of the molecule is Nc1noc(-c2ccoc2Br)c1-c1ccc(Br)cc1. The molecule has 0 aliphatic carbocycles. The Bertz CT molecular complexity index is 717. The van der Waals surface area contributed by atoms with E-state index in [2.05, 4.69) is 37.0 Å². The van der Waals surface area contributed by atoms with Crippen LogP contribution in [0.1, 0.15) is 0 Å². The number of nitrogens with zero attached hydrogens (tertiary/aromatic N) is 1. The number of aromatic nitrogens is 1. The molecule has 96 valence electrons. The van der Waals surface area contributed by atoms with Crippen molar-refractivity contribution in [2.45, 2.75) is 0 Å². The highest BCUT2D eigenvalue weighted by molar-refractivity contribution is 9.10. The summed E-state index contributed by atoms with van der Waals surface area (Å²) in [6, 6.07) is 9.58. The van der Waals surface area contributed by atoms with Gasteiger partial charge in [0.2, 0.25) is 0 Å². The molecular weight excluding hydrogens is 376 g/mol. The maximum Gasteiger partial charge on any atom is 0.181 e. The number of rotatable bonds is 2. The van der Waals surface area contributed by atoms with Crippen LogP contribution in [-0.2, 0) is 0 Å². The average Bonchev–Trinajstić information content (AvgIpc) is 2.97. The van der Waals surface area contributed by atoms with Crippen molar-refractivity contribution in [3.05, 3.63) is 45.7 Å². The zero-order valence-electron chi connectivity index (χ0n) is 9.56. The lowest BCUT2D eigenvalue weighted by Crippen LogP contribution is -1.88. The van der Waals surface area contributed by atoms with Crippen molar-refractivity contribution in [2.75, 3.05) is 5.73 Å². The number of hydrogen-bond donors (Lipinski definition) is 1. The highest BCUT2D eigenvalue weighted by Crippen LogP contribution is 2.40. The topological polar surface area (TPSA) is 65.2 Å². The maximum absolute atomic E-state index is 5.91. The summed E-state index contributed by atoms with van der Waals surface area (Å²) in [5.41, 5.74) is 8.38. The van der Waals surface area contributed by atoms with E-state index in [1.165, 1.54) is 0 Å². The first-order valence-electron chi connectivity index (χ1n) is 5.41. The average molecular weight is 384 g/mol. The Labute approximate surface area is 125 Å². The predicted molar refractivity (Wildman–Crippen MR) is 79.5 cm³/mol. The molecule has 1 aromatic carbocycles. The van der Waals surface area contributed by atoms with Crippen molar-refractivity contribution in [3.63, 3.8) is 0 Å². The Kier molecular flexibility index (Phi) is 3.20. The van der Waals surface area contributed by atoms with Gasteiger partial charge in [-0.05, 0) is 39.7 Å². The Morgan fingerprint density at radius 2 is 1.79 bits per heavy atom. The molecule has 3 aromatic rings. The summed E-state index contributed by atoms with van der Waals surface area (Å²) in [5.74, 6) is 0.936. The van der Waals surface area contributed by atoms with Crippen molar-refractivity contribution in [2.24, 2.45) is 0 Å². The molecule has 3 rings (SSSR count). The molecule has 0 radical (unpaired) electrons. The van der Waals surface area contributed by atoms with Gasteiger partial charge in [-0.25, -0.2) is 0 Å². The summed E-state index contributed by atoms with van der Waals surface area (Å²) in [6.07, 6.45) is 1.57. The third kappa shape index (κ3) is 2.21. The van der Waals surface area contributed by atoms with E-state index in [-0.39, 0.29) is 0 Å². The fourth-order valence-corrected chi connectivity index (χ4v) is 2.52. The monoisotopic (exact) mass is 382 g/mol. The number of halogens is 2. The molecule has 2 heterocycles. The number of benzene rings is 1. The molecule has 4 nitrogen and oxygen atoms in total. The van der Waals surface area contributed by atoms with Gasteiger partial charge < -0.3 is 14.7 Å². The van der Waals surface area contributed by atoms with Gasteiger partial charge in [0.25, 0.3) is 0 Å². The Morgan fingerprint density at radius 1 is 1.05 bits per heavy atom. The van der Waals surface area contributed by atoms with E-state index in [4.69, 9.17) is 14.7 Å². The fourth-order valence-electron chi connectivity index (χ4n) is 1.84. The molecule has 0 amide bonds. The van der Waals surface area contributed by atoms with E-state index in [1.54, 1.807) is 12.3 Å². The quantitative estimate of drug-likeness (QED) is 0.695. The molecule has 6 heteroatoms. The highest BCUT2D eigenvalue weighted by Gasteiger charge is 2.20. The van der Waals surface area contributed by atoms with Crippen LogP contribution in [0, 0.1) is 0 Å². The largest absolute Gasteiger partial charge is 0.457 e. The van der Waals surface area contributed by atoms with E-state index < -0.39 is 0 Å². The Hall–Kier alpha value is -1.53. The molecule has 0 aliphatic heterocycles. The predicted octanol–water partition coefficient (Wildman–Crippen LogP) is 4.71. The summed E-state index contributed by atoms with van der Waals surface area (Å²) < 4.78 is 12.1. The molecule has 0 atom stereocenters. The molecule has 0 saturated heterocycles. The highest BCUT2D eigenvalue weighted by atomic mass is 79.9. The van der Waals surface area contributed by atoms with Crippen molar-refractivity contribution < 1.29 is 8.94 Å². The van der Waals surface area contributed by atoms with Crippen LogP contribution < -0.4 is 5.73 Å². The van der Waals surface area contributed by atoms with Gasteiger partial charge in [-0.3, -0.25) is 0 Å². The number of anilines is 1. The van der Waals surface area contributed by atoms with Gasteiger partial charge in [0.1, 0.15) is 0 Å². The molecule has 2 N–H and O–H groups in total. The van der Waals surface area contributed by atoms with Gasteiger partial charge in [0.05, 0.1) is 17.4 Å². The molecule has 0 spiro atoms. The molecule has 0 aliphatic rings. The second-order valence-corrected chi connectivity index (χ2v) is 5.52. The smallest absolute Gasteiger partial charge is 0.181 e. The Balaban J connectivity index is 2.19. The van der Waals surface area contributed by atoms with Crippen LogP contribution in [0.5, 0.6) is 0 Å². The van der Waals surface area contributed by atoms with E-state index in [0.717, 1.165) is 21.2 Å². The second-order valence-electron chi connectivity index (χ2n) is 3.89. The summed E-state index contributed by atoms with van der Waals surface area (Å²) in [5, 5.41) is 3.84. The van der Waals surface area contributed by atoms with Gasteiger partial charge in [-0.2, -0.15) is 0 Å². The standard InChI is InChI=1S/C13H8Br2N2O2/c14-8-3-1-7(2-4-8)10-11(19-17-13(10)16)9-5-6-18-12(9)15/h1-6H,(H2,16,17). The zero-order chi connectivity index (χ0) is 13.4. The lowest BCUT2D eigenvalue weighted by Gasteiger charge is -2.01. The van der Waals surface area contributed by atoms with Crippen LogP contribution in [0.3, 0.4) is 0 Å².